The molecule has 1 heterocycles. The number of hydrogen-bond donors (Lipinski definition) is 2. The Morgan fingerprint density at radius 3 is 2.83 bits per heavy atom. The van der Waals surface area contributed by atoms with E-state index in [4.69, 9.17) is 17.3 Å². The van der Waals surface area contributed by atoms with Gasteiger partial charge in [-0.2, -0.15) is 0 Å². The van der Waals surface area contributed by atoms with E-state index in [0.29, 0.717) is 21.4 Å². The fourth-order valence-electron chi connectivity index (χ4n) is 1.39. The Bertz CT molecular complexity index is 604. The van der Waals surface area contributed by atoms with Crippen molar-refractivity contribution in [2.24, 2.45) is 0 Å². The topological polar surface area (TPSA) is 68.0 Å². The quantitative estimate of drug-likeness (QED) is 0.657. The molecular formula is C12H9BrClN3O. The van der Waals surface area contributed by atoms with Gasteiger partial charge in [0.05, 0.1) is 15.7 Å². The standard InChI is InChI=1S/C12H9BrClN3O/c13-10-7(3-1-4-8(10)15)12(18)17-9-5-2-6-16-11(9)14/h1-6H,15H2,(H,17,18). The third-order valence-corrected chi connectivity index (χ3v) is 3.47. The molecule has 0 aliphatic heterocycles. The number of carbonyl (C=O) groups excluding carboxylic acids is 1. The third-order valence-electron chi connectivity index (χ3n) is 2.28. The van der Waals surface area contributed by atoms with Gasteiger partial charge in [-0.15, -0.1) is 0 Å². The van der Waals surface area contributed by atoms with Gasteiger partial charge in [-0.1, -0.05) is 17.7 Å². The highest BCUT2D eigenvalue weighted by molar-refractivity contribution is 9.10. The average Bonchev–Trinajstić information content (AvgIpc) is 2.35. The van der Waals surface area contributed by atoms with Gasteiger partial charge in [0.1, 0.15) is 0 Å². The molecule has 4 nitrogen and oxygen atoms in total. The van der Waals surface area contributed by atoms with Gasteiger partial charge in [-0.3, -0.25) is 4.79 Å². The van der Waals surface area contributed by atoms with Gasteiger partial charge >= 0.3 is 0 Å². The van der Waals surface area contributed by atoms with E-state index in [-0.39, 0.29) is 11.1 Å². The van der Waals surface area contributed by atoms with Crippen LogP contribution in [-0.2, 0) is 0 Å². The summed E-state index contributed by atoms with van der Waals surface area (Å²) in [5, 5.41) is 2.92. The maximum absolute atomic E-state index is 12.1. The number of rotatable bonds is 2. The lowest BCUT2D eigenvalue weighted by atomic mass is 10.2. The molecule has 0 fully saturated rings. The normalized spacial score (nSPS) is 10.1. The van der Waals surface area contributed by atoms with E-state index in [2.05, 4.69) is 26.2 Å². The number of amides is 1. The average molecular weight is 327 g/mol. The number of hydrogen-bond acceptors (Lipinski definition) is 3. The highest BCUT2D eigenvalue weighted by atomic mass is 79.9. The summed E-state index contributed by atoms with van der Waals surface area (Å²) in [6.45, 7) is 0. The highest BCUT2D eigenvalue weighted by Gasteiger charge is 2.13. The number of aromatic nitrogens is 1. The smallest absolute Gasteiger partial charge is 0.256 e. The van der Waals surface area contributed by atoms with Gasteiger partial charge in [0, 0.05) is 11.9 Å². The SMILES string of the molecule is Nc1cccc(C(=O)Nc2cccnc2Cl)c1Br. The van der Waals surface area contributed by atoms with Crippen molar-refractivity contribution in [3.63, 3.8) is 0 Å². The minimum atomic E-state index is -0.302. The number of carbonyl (C=O) groups is 1. The highest BCUT2D eigenvalue weighted by Crippen LogP contribution is 2.25. The second kappa shape index (κ2) is 5.37. The summed E-state index contributed by atoms with van der Waals surface area (Å²) < 4.78 is 0.558. The predicted molar refractivity (Wildman–Crippen MR) is 75.8 cm³/mol. The second-order valence-electron chi connectivity index (χ2n) is 3.50. The van der Waals surface area contributed by atoms with Crippen LogP contribution < -0.4 is 11.1 Å². The van der Waals surface area contributed by atoms with Gasteiger partial charge in [-0.05, 0) is 40.2 Å². The first-order valence-corrected chi connectivity index (χ1v) is 6.22. The van der Waals surface area contributed by atoms with Crippen molar-refractivity contribution in [1.29, 1.82) is 0 Å². The first-order valence-electron chi connectivity index (χ1n) is 5.05. The molecule has 2 aromatic rings. The van der Waals surface area contributed by atoms with Crippen molar-refractivity contribution < 1.29 is 4.79 Å². The Hall–Kier alpha value is -1.59. The number of anilines is 2. The zero-order valence-corrected chi connectivity index (χ0v) is 11.5. The van der Waals surface area contributed by atoms with E-state index < -0.39 is 0 Å². The Morgan fingerprint density at radius 2 is 2.11 bits per heavy atom. The first kappa shape index (κ1) is 12.9. The summed E-state index contributed by atoms with van der Waals surface area (Å²) in [5.74, 6) is -0.302. The van der Waals surface area contributed by atoms with Crippen molar-refractivity contribution in [1.82, 2.24) is 4.98 Å². The molecule has 0 saturated heterocycles. The van der Waals surface area contributed by atoms with Crippen molar-refractivity contribution in [3.05, 3.63) is 51.7 Å². The Balaban J connectivity index is 2.28. The van der Waals surface area contributed by atoms with E-state index in [1.807, 2.05) is 0 Å². The lowest BCUT2D eigenvalue weighted by molar-refractivity contribution is 0.102. The van der Waals surface area contributed by atoms with Crippen LogP contribution in [-0.4, -0.2) is 10.9 Å². The second-order valence-corrected chi connectivity index (χ2v) is 4.66. The molecular weight excluding hydrogens is 318 g/mol. The van der Waals surface area contributed by atoms with Gasteiger partial charge in [0.25, 0.3) is 5.91 Å². The van der Waals surface area contributed by atoms with E-state index in [1.165, 1.54) is 0 Å². The van der Waals surface area contributed by atoms with Gasteiger partial charge in [-0.25, -0.2) is 4.98 Å². The first-order chi connectivity index (χ1) is 8.59. The number of halogens is 2. The molecule has 1 aromatic heterocycles. The van der Waals surface area contributed by atoms with Crippen LogP contribution in [0.15, 0.2) is 41.0 Å². The largest absolute Gasteiger partial charge is 0.398 e. The van der Waals surface area contributed by atoms with Crippen LogP contribution in [0.1, 0.15) is 10.4 Å². The van der Waals surface area contributed by atoms with E-state index >= 15 is 0 Å². The summed E-state index contributed by atoms with van der Waals surface area (Å²) in [6, 6.07) is 8.45. The molecule has 18 heavy (non-hydrogen) atoms. The van der Waals surface area contributed by atoms with Gasteiger partial charge in [0.2, 0.25) is 0 Å². The summed E-state index contributed by atoms with van der Waals surface area (Å²) >= 11 is 9.14. The number of pyridine rings is 1. The van der Waals surface area contributed by atoms with Crippen LogP contribution in [0.4, 0.5) is 11.4 Å². The number of nitrogens with one attached hydrogen (secondary N) is 1. The summed E-state index contributed by atoms with van der Waals surface area (Å²) in [5.41, 5.74) is 7.11. The van der Waals surface area contributed by atoms with Crippen molar-refractivity contribution in [2.75, 3.05) is 11.1 Å². The fraction of sp³-hybridized carbons (Fsp3) is 0. The van der Waals surface area contributed by atoms with Crippen LogP contribution in [0.3, 0.4) is 0 Å². The van der Waals surface area contributed by atoms with Crippen molar-refractivity contribution in [3.8, 4) is 0 Å². The maximum atomic E-state index is 12.1. The zero-order chi connectivity index (χ0) is 13.1. The molecule has 0 bridgehead atoms. The van der Waals surface area contributed by atoms with Crippen LogP contribution in [0.2, 0.25) is 5.15 Å². The summed E-state index contributed by atoms with van der Waals surface area (Å²) in [7, 11) is 0. The van der Waals surface area contributed by atoms with Crippen LogP contribution in [0, 0.1) is 0 Å². The summed E-state index contributed by atoms with van der Waals surface area (Å²) in [6.07, 6.45) is 1.55. The minimum Gasteiger partial charge on any atom is -0.398 e. The Morgan fingerprint density at radius 1 is 1.33 bits per heavy atom. The van der Waals surface area contributed by atoms with Gasteiger partial charge < -0.3 is 11.1 Å². The molecule has 0 aliphatic rings. The van der Waals surface area contributed by atoms with Gasteiger partial charge in [0.15, 0.2) is 5.15 Å². The number of nitrogens with two attached hydrogens (primary N) is 1. The number of nitrogens with zero attached hydrogens (tertiary/aromatic N) is 1. The molecule has 0 saturated carbocycles. The Labute approximate surface area is 117 Å². The van der Waals surface area contributed by atoms with Crippen LogP contribution in [0.25, 0.3) is 0 Å². The zero-order valence-electron chi connectivity index (χ0n) is 9.15. The van der Waals surface area contributed by atoms with E-state index in [9.17, 15) is 4.79 Å². The van der Waals surface area contributed by atoms with Crippen molar-refractivity contribution in [2.45, 2.75) is 0 Å². The lowest BCUT2D eigenvalue weighted by Crippen LogP contribution is -2.13. The van der Waals surface area contributed by atoms with Crippen LogP contribution in [0.5, 0.6) is 0 Å². The molecule has 1 amide bonds. The molecule has 6 heteroatoms. The number of benzene rings is 1. The summed E-state index contributed by atoms with van der Waals surface area (Å²) in [4.78, 5) is 15.9. The van der Waals surface area contributed by atoms with E-state index in [0.717, 1.165) is 0 Å². The molecule has 2 rings (SSSR count). The maximum Gasteiger partial charge on any atom is 0.256 e. The molecule has 0 unspecified atom stereocenters. The monoisotopic (exact) mass is 325 g/mol. The molecule has 92 valence electrons. The van der Waals surface area contributed by atoms with Crippen molar-refractivity contribution >= 4 is 44.8 Å². The minimum absolute atomic E-state index is 0.242. The Kier molecular flexibility index (Phi) is 3.84. The molecule has 0 aliphatic carbocycles. The molecule has 0 atom stereocenters. The van der Waals surface area contributed by atoms with E-state index in [1.54, 1.807) is 36.5 Å². The van der Waals surface area contributed by atoms with Crippen LogP contribution >= 0.6 is 27.5 Å². The fourth-order valence-corrected chi connectivity index (χ4v) is 2.01. The molecule has 3 N–H and O–H groups in total. The molecule has 0 spiro atoms. The number of nitrogen functional groups attached to an aromatic ring is 1. The molecule has 0 radical (unpaired) electrons. The predicted octanol–water partition coefficient (Wildman–Crippen LogP) is 3.33. The molecule has 1 aromatic carbocycles. The third kappa shape index (κ3) is 2.63. The lowest BCUT2D eigenvalue weighted by Gasteiger charge is -2.08.